The summed E-state index contributed by atoms with van der Waals surface area (Å²) in [5.41, 5.74) is 5.91. The van der Waals surface area contributed by atoms with Gasteiger partial charge >= 0.3 is 0 Å². The number of ketones is 1. The number of hydrogen-bond acceptors (Lipinski definition) is 8. The fraction of sp³-hybridized carbons (Fsp3) is 0.818. The number of imidazole rings is 1. The van der Waals surface area contributed by atoms with Crippen molar-refractivity contribution in [2.75, 3.05) is 11.5 Å². The van der Waals surface area contributed by atoms with Gasteiger partial charge in [0.25, 0.3) is 0 Å². The number of rotatable bonds is 2. The Morgan fingerprint density at radius 3 is 2.31 bits per heavy atom. The van der Waals surface area contributed by atoms with Crippen molar-refractivity contribution in [1.82, 2.24) is 9.55 Å². The topological polar surface area (TPSA) is 116 Å². The van der Waals surface area contributed by atoms with Crippen LogP contribution in [0.2, 0.25) is 0 Å². The van der Waals surface area contributed by atoms with Gasteiger partial charge in [0.15, 0.2) is 5.78 Å². The second kappa shape index (κ2) is 15.8. The summed E-state index contributed by atoms with van der Waals surface area (Å²) >= 11 is 0. The lowest BCUT2D eigenvalue weighted by atomic mass is 9.41. The molecule has 1 spiro atoms. The third-order valence-electron chi connectivity index (χ3n) is 22.1. The van der Waals surface area contributed by atoms with Crippen LogP contribution in [0.5, 0.6) is 0 Å². The molecular weight excluding hydrogens is 833 g/mol. The van der Waals surface area contributed by atoms with Gasteiger partial charge in [0.1, 0.15) is 0 Å². The van der Waals surface area contributed by atoms with E-state index in [1.165, 1.54) is 70.6 Å². The first-order chi connectivity index (χ1) is 30.8. The van der Waals surface area contributed by atoms with Gasteiger partial charge in [-0.25, -0.2) is 4.98 Å². The van der Waals surface area contributed by atoms with Gasteiger partial charge in [-0.2, -0.15) is 0 Å². The normalized spacial score (nSPS) is 47.6. The quantitative estimate of drug-likeness (QED) is 0.171. The highest BCUT2D eigenvalue weighted by Crippen LogP contribution is 2.74. The number of aromatic nitrogens is 2. The summed E-state index contributed by atoms with van der Waals surface area (Å²) in [6, 6.07) is 0.241. The lowest BCUT2D eigenvalue weighted by Gasteiger charge is -2.64. The van der Waals surface area contributed by atoms with Gasteiger partial charge in [0, 0.05) is 59.0 Å². The number of fused-ring (bicyclic) bond motifs is 14. The molecule has 4 N–H and O–H groups in total. The van der Waals surface area contributed by atoms with E-state index in [-0.39, 0.29) is 52.7 Å². The molecule has 1 saturated heterocycles. The lowest BCUT2D eigenvalue weighted by Crippen LogP contribution is -2.65. The number of hydrogen-bond donors (Lipinski definition) is 4. The Balaban J connectivity index is 1.01. The third kappa shape index (κ3) is 6.13. The predicted molar refractivity (Wildman–Crippen MR) is 256 cm³/mol. The van der Waals surface area contributed by atoms with Gasteiger partial charge in [-0.1, -0.05) is 96.8 Å². The highest BCUT2D eigenvalue weighted by Gasteiger charge is 2.73. The van der Waals surface area contributed by atoms with E-state index in [0.717, 1.165) is 74.9 Å². The lowest BCUT2D eigenvalue weighted by molar-refractivity contribution is -0.178. The molecule has 9 heteroatoms. The third-order valence-corrected chi connectivity index (χ3v) is 24.6. The van der Waals surface area contributed by atoms with Gasteiger partial charge in [-0.3, -0.25) is 4.79 Å². The maximum absolute atomic E-state index is 15.0. The monoisotopic (exact) mass is 911 g/mol. The van der Waals surface area contributed by atoms with Gasteiger partial charge < -0.3 is 25.0 Å². The zero-order valence-corrected chi connectivity index (χ0v) is 40.8. The largest absolute Gasteiger partial charge is 0.392 e. The highest BCUT2D eigenvalue weighted by molar-refractivity contribution is 8.76. The molecular formula is C55H78N2O5S2. The number of carbonyl (C=O) groups excluding carboxylic acids is 1. The Kier molecular flexibility index (Phi) is 10.9. The molecule has 0 aromatic carbocycles. The smallest absolute Gasteiger partial charge is 0.159 e. The van der Waals surface area contributed by atoms with Crippen LogP contribution in [0.3, 0.4) is 0 Å². The fourth-order valence-electron chi connectivity index (χ4n) is 19.8. The number of carbonyl (C=O) groups is 1. The summed E-state index contributed by atoms with van der Waals surface area (Å²) in [6.07, 6.45) is 29.8. The fourth-order valence-corrected chi connectivity index (χ4v) is 22.5. The molecule has 1 aromatic heterocycles. The second-order valence-electron chi connectivity index (χ2n) is 24.9. The molecule has 11 aliphatic rings. The van der Waals surface area contributed by atoms with E-state index in [9.17, 15) is 25.2 Å². The average molecular weight is 911 g/mol. The van der Waals surface area contributed by atoms with Crippen LogP contribution in [0.1, 0.15) is 168 Å². The van der Waals surface area contributed by atoms with E-state index < -0.39 is 34.7 Å². The minimum absolute atomic E-state index is 0.0125. The van der Waals surface area contributed by atoms with Crippen LogP contribution >= 0.6 is 21.6 Å². The minimum atomic E-state index is -1.19. The molecule has 7 nitrogen and oxygen atoms in total. The molecule has 12 rings (SSSR count). The van der Waals surface area contributed by atoms with Crippen LogP contribution in [0.15, 0.2) is 52.7 Å². The summed E-state index contributed by atoms with van der Waals surface area (Å²) in [5, 5.41) is 50.9. The van der Waals surface area contributed by atoms with Gasteiger partial charge in [0.2, 0.25) is 0 Å². The van der Waals surface area contributed by atoms with Crippen molar-refractivity contribution in [1.29, 1.82) is 0 Å². The number of aliphatic hydroxyl groups excluding tert-OH is 3. The van der Waals surface area contributed by atoms with Gasteiger partial charge in [0.05, 0.1) is 30.2 Å². The number of nitrogens with zero attached hydrogens (tertiary/aromatic N) is 2. The van der Waals surface area contributed by atoms with E-state index in [2.05, 4.69) is 36.5 Å². The Bertz CT molecular complexity index is 2100. The summed E-state index contributed by atoms with van der Waals surface area (Å²) in [6.45, 7) is 7.50. The second-order valence-corrected chi connectivity index (χ2v) is 27.5. The molecule has 1 aliphatic heterocycles. The van der Waals surface area contributed by atoms with Crippen LogP contribution < -0.4 is 0 Å². The van der Waals surface area contributed by atoms with Crippen molar-refractivity contribution >= 4 is 27.4 Å². The van der Waals surface area contributed by atoms with Crippen LogP contribution in [0, 0.1) is 74.9 Å². The van der Waals surface area contributed by atoms with Crippen LogP contribution in [0.25, 0.3) is 0 Å². The predicted octanol–water partition coefficient (Wildman–Crippen LogP) is 11.0. The first kappa shape index (κ1) is 43.9. The maximum Gasteiger partial charge on any atom is 0.159 e. The van der Waals surface area contributed by atoms with Crippen molar-refractivity contribution < 1.29 is 25.2 Å². The van der Waals surface area contributed by atoms with E-state index in [4.69, 9.17) is 0 Å². The van der Waals surface area contributed by atoms with Gasteiger partial charge in [-0.15, -0.1) is 0 Å². The van der Waals surface area contributed by atoms with Crippen molar-refractivity contribution in [2.45, 2.75) is 192 Å². The maximum atomic E-state index is 15.0. The van der Waals surface area contributed by atoms with E-state index >= 15 is 0 Å². The Labute approximate surface area is 391 Å². The molecule has 2 heterocycles. The average Bonchev–Trinajstić information content (AvgIpc) is 4.04. The first-order valence-corrected chi connectivity index (χ1v) is 29.0. The molecule has 1 aromatic rings. The SMILES string of the molecule is CC1(C)C[C@@H](n2ccnc2)CSSC[C@H]2C[C@H]([C@@H]3C[C@@H]4CCCC5=C4[C@H](C1=C1CCCC4(CCCC4)[C@@H]51)[C@H]3O)[C@@]1(C)CC[C@H]3C(=CC(=O)[C@@H]4C[C@@H](O)[C@@H](O)C[C@@]43C3CCCCC3)[C@]21O. The summed E-state index contributed by atoms with van der Waals surface area (Å²) in [4.78, 5) is 19.5. The van der Waals surface area contributed by atoms with Crippen molar-refractivity contribution in [3.8, 4) is 0 Å². The van der Waals surface area contributed by atoms with Crippen molar-refractivity contribution in [3.05, 3.63) is 52.7 Å². The van der Waals surface area contributed by atoms with Crippen LogP contribution in [-0.2, 0) is 4.79 Å². The number of allylic oxidation sites excluding steroid dienone is 3. The Morgan fingerprint density at radius 1 is 0.766 bits per heavy atom. The zero-order chi connectivity index (χ0) is 44.0. The summed E-state index contributed by atoms with van der Waals surface area (Å²) in [5.74, 6) is 3.06. The summed E-state index contributed by atoms with van der Waals surface area (Å²) in [7, 11) is 3.89. The van der Waals surface area contributed by atoms with Crippen LogP contribution in [0.4, 0.5) is 0 Å². The highest BCUT2D eigenvalue weighted by atomic mass is 33.1. The standard InChI is InChI=1S/C55H78N2O5S2/c1-51(2)27-35(57-22-21-56-31-57)30-64-63-29-34-24-40(38-23-32-11-9-14-36-46(32)47(50(38)61)49(51)37-15-10-19-53(48(36)37)17-7-8-18-53)52(3)20-16-39-41(55(34,52)62)25-43(58)42-26-44(59)45(60)28-54(39,42)33-12-5-4-6-13-33/h21-22,25,31-35,38-40,42,44-45,47-48,50,59-62H,4-20,23-24,26-30H2,1-3H3/t32-,34+,35+,38-,39-,40+,42-,44+,45-,47+,48-,50-,52+,54-,55+/m0/s1. The van der Waals surface area contributed by atoms with Crippen molar-refractivity contribution in [2.24, 2.45) is 74.9 Å². The Hall–Kier alpha value is -1.36. The van der Waals surface area contributed by atoms with E-state index in [0.29, 0.717) is 36.0 Å². The molecule has 15 atom stereocenters. The molecule has 350 valence electrons. The van der Waals surface area contributed by atoms with Crippen LogP contribution in [-0.4, -0.2) is 71.2 Å². The van der Waals surface area contributed by atoms with Crippen molar-refractivity contribution in [3.63, 3.8) is 0 Å². The molecule has 7 saturated carbocycles. The molecule has 10 aliphatic carbocycles. The molecule has 0 radical (unpaired) electrons. The summed E-state index contributed by atoms with van der Waals surface area (Å²) < 4.78 is 2.36. The molecule has 8 fully saturated rings. The molecule has 0 unspecified atom stereocenters. The van der Waals surface area contributed by atoms with E-state index in [1.54, 1.807) is 22.3 Å². The Morgan fingerprint density at radius 2 is 1.53 bits per heavy atom. The number of aliphatic hydroxyl groups is 4. The van der Waals surface area contributed by atoms with E-state index in [1.807, 2.05) is 40.2 Å². The van der Waals surface area contributed by atoms with Gasteiger partial charge in [-0.05, 0) is 167 Å². The zero-order valence-electron chi connectivity index (χ0n) is 39.2. The molecule has 64 heavy (non-hydrogen) atoms. The molecule has 0 amide bonds. The molecule has 4 bridgehead atoms. The minimum Gasteiger partial charge on any atom is -0.392 e. The first-order valence-electron chi connectivity index (χ1n) is 26.5.